The Morgan fingerprint density at radius 3 is 2.56 bits per heavy atom. The summed E-state index contributed by atoms with van der Waals surface area (Å²) in [4.78, 5) is 20.6. The van der Waals surface area contributed by atoms with Crippen LogP contribution in [0.1, 0.15) is 56.5 Å². The highest BCUT2D eigenvalue weighted by Gasteiger charge is 2.33. The van der Waals surface area contributed by atoms with Gasteiger partial charge in [-0.25, -0.2) is 4.98 Å². The van der Waals surface area contributed by atoms with Crippen molar-refractivity contribution < 1.29 is 14.3 Å². The number of carbonyl (C=O) groups is 1. The molecule has 0 saturated heterocycles. The lowest BCUT2D eigenvalue weighted by Crippen LogP contribution is -2.43. The first-order chi connectivity index (χ1) is 15.0. The third-order valence-corrected chi connectivity index (χ3v) is 5.95. The molecule has 2 heterocycles. The fourth-order valence-corrected chi connectivity index (χ4v) is 4.00. The molecule has 1 amide bonds. The molecule has 0 radical (unpaired) electrons. The molecule has 0 atom stereocenters. The Hall–Kier alpha value is -2.61. The monoisotopic (exact) mass is 458 g/mol. The number of fused-ring (bicyclic) bond motifs is 3. The van der Waals surface area contributed by atoms with Gasteiger partial charge in [-0.3, -0.25) is 4.79 Å². The third kappa shape index (κ3) is 4.46. The van der Waals surface area contributed by atoms with Crippen molar-refractivity contribution in [2.24, 2.45) is 0 Å². The van der Waals surface area contributed by atoms with Crippen molar-refractivity contribution in [3.8, 4) is 22.8 Å². The smallest absolute Gasteiger partial charge is 0.290 e. The van der Waals surface area contributed by atoms with Crippen molar-refractivity contribution in [2.45, 2.75) is 59.2 Å². The molecular formula is C24H34N4O3S. The van der Waals surface area contributed by atoms with Gasteiger partial charge in [-0.2, -0.15) is 0 Å². The second-order valence-electron chi connectivity index (χ2n) is 9.21. The number of imidazole rings is 1. The molecule has 0 bridgehead atoms. The average Bonchev–Trinajstić information content (AvgIpc) is 3.11. The SMILES string of the molecule is CN/C=C(\S)c1nc(C(=O)N(C)C(C)(C)C)n2c1-c1cc(OC(C)C)c(OC)cc1CC2. The zero-order valence-electron chi connectivity index (χ0n) is 20.2. The van der Waals surface area contributed by atoms with E-state index in [0.717, 1.165) is 23.2 Å². The molecule has 2 aromatic rings. The van der Waals surface area contributed by atoms with Crippen molar-refractivity contribution in [2.75, 3.05) is 21.2 Å². The maximum Gasteiger partial charge on any atom is 0.290 e. The highest BCUT2D eigenvalue weighted by molar-refractivity contribution is 7.90. The zero-order valence-corrected chi connectivity index (χ0v) is 21.1. The molecule has 1 aliphatic rings. The highest BCUT2D eigenvalue weighted by Crippen LogP contribution is 2.42. The van der Waals surface area contributed by atoms with Crippen LogP contribution in [0.15, 0.2) is 18.3 Å². The predicted octanol–water partition coefficient (Wildman–Crippen LogP) is 4.22. The Balaban J connectivity index is 2.26. The number of rotatable bonds is 6. The van der Waals surface area contributed by atoms with E-state index in [2.05, 4.69) is 17.9 Å². The summed E-state index contributed by atoms with van der Waals surface area (Å²) >= 11 is 4.68. The Bertz CT molecular complexity index is 1050. The number of ether oxygens (including phenoxy) is 2. The normalized spacial score (nSPS) is 13.5. The van der Waals surface area contributed by atoms with Gasteiger partial charge in [0.25, 0.3) is 5.91 Å². The first-order valence-corrected chi connectivity index (χ1v) is 11.3. The van der Waals surface area contributed by atoms with Crippen molar-refractivity contribution in [3.05, 3.63) is 35.4 Å². The average molecular weight is 459 g/mol. The Kier molecular flexibility index (Phi) is 6.83. The molecule has 1 aromatic carbocycles. The fraction of sp³-hybridized carbons (Fsp3) is 0.500. The summed E-state index contributed by atoms with van der Waals surface area (Å²) in [6.07, 6.45) is 2.53. The van der Waals surface area contributed by atoms with E-state index in [1.165, 1.54) is 0 Å². The van der Waals surface area contributed by atoms with Crippen LogP contribution in [0, 0.1) is 0 Å². The lowest BCUT2D eigenvalue weighted by molar-refractivity contribution is 0.0638. The van der Waals surface area contributed by atoms with E-state index in [4.69, 9.17) is 14.5 Å². The molecule has 32 heavy (non-hydrogen) atoms. The number of aryl methyl sites for hydroxylation is 1. The molecule has 1 N–H and O–H groups in total. The van der Waals surface area contributed by atoms with Gasteiger partial charge in [-0.05, 0) is 58.7 Å². The molecule has 3 rings (SSSR count). The topological polar surface area (TPSA) is 68.6 Å². The second-order valence-corrected chi connectivity index (χ2v) is 9.70. The molecule has 174 valence electrons. The van der Waals surface area contributed by atoms with Crippen LogP contribution in [0.4, 0.5) is 0 Å². The van der Waals surface area contributed by atoms with Gasteiger partial charge >= 0.3 is 0 Å². The maximum absolute atomic E-state index is 13.4. The number of carbonyl (C=O) groups excluding carboxylic acids is 1. The van der Waals surface area contributed by atoms with Gasteiger partial charge in [-0.15, -0.1) is 12.6 Å². The van der Waals surface area contributed by atoms with Gasteiger partial charge < -0.3 is 24.3 Å². The van der Waals surface area contributed by atoms with Crippen LogP contribution in [0.2, 0.25) is 0 Å². The number of nitrogens with one attached hydrogen (secondary N) is 1. The first kappa shape index (κ1) is 24.0. The van der Waals surface area contributed by atoms with Crippen LogP contribution in [0.5, 0.6) is 11.5 Å². The van der Waals surface area contributed by atoms with Crippen LogP contribution in [-0.4, -0.2) is 53.2 Å². The predicted molar refractivity (Wildman–Crippen MR) is 132 cm³/mol. The van der Waals surface area contributed by atoms with Crippen molar-refractivity contribution in [3.63, 3.8) is 0 Å². The molecule has 7 nitrogen and oxygen atoms in total. The quantitative estimate of drug-likeness (QED) is 0.635. The highest BCUT2D eigenvalue weighted by atomic mass is 32.1. The van der Waals surface area contributed by atoms with Crippen molar-refractivity contribution >= 4 is 23.4 Å². The summed E-state index contributed by atoms with van der Waals surface area (Å²) in [6.45, 7) is 10.6. The van der Waals surface area contributed by atoms with E-state index in [-0.39, 0.29) is 17.6 Å². The number of hydrogen-bond acceptors (Lipinski definition) is 6. The first-order valence-electron chi connectivity index (χ1n) is 10.8. The molecule has 0 unspecified atom stereocenters. The molecule has 0 aliphatic carbocycles. The maximum atomic E-state index is 13.4. The van der Waals surface area contributed by atoms with E-state index in [1.807, 2.05) is 65.4 Å². The van der Waals surface area contributed by atoms with Gasteiger partial charge in [0.15, 0.2) is 17.3 Å². The zero-order chi connectivity index (χ0) is 23.8. The molecule has 0 spiro atoms. The number of thiol groups is 1. The number of aromatic nitrogens is 2. The Labute approximate surface area is 196 Å². The fourth-order valence-electron chi connectivity index (χ4n) is 3.71. The lowest BCUT2D eigenvalue weighted by atomic mass is 9.96. The summed E-state index contributed by atoms with van der Waals surface area (Å²) < 4.78 is 13.6. The molecule has 0 fully saturated rings. The number of nitrogens with zero attached hydrogens (tertiary/aromatic N) is 3. The molecule has 8 heteroatoms. The van der Waals surface area contributed by atoms with Gasteiger partial charge in [0, 0.05) is 42.8 Å². The minimum Gasteiger partial charge on any atom is -0.493 e. The van der Waals surface area contributed by atoms with Gasteiger partial charge in [0.1, 0.15) is 5.69 Å². The minimum atomic E-state index is -0.327. The third-order valence-electron chi connectivity index (χ3n) is 5.61. The summed E-state index contributed by atoms with van der Waals surface area (Å²) in [7, 11) is 5.27. The number of benzene rings is 1. The van der Waals surface area contributed by atoms with Crippen LogP contribution in [0.25, 0.3) is 16.2 Å². The largest absolute Gasteiger partial charge is 0.493 e. The standard InChI is InChI=1S/C24H34N4O3S/c1-14(2)31-18-12-16-15(11-17(18)30-8)9-10-28-21(16)20(19(32)13-25-6)26-22(28)23(29)27(7)24(3,4)5/h11-14,25,32H,9-10H2,1-8H3/b19-13-. The molecule has 1 aliphatic heterocycles. The number of amides is 1. The minimum absolute atomic E-state index is 0.00266. The number of methoxy groups -OCH3 is 1. The second kappa shape index (κ2) is 9.10. The van der Waals surface area contributed by atoms with E-state index in [0.29, 0.717) is 34.5 Å². The number of hydrogen-bond donors (Lipinski definition) is 2. The van der Waals surface area contributed by atoms with Gasteiger partial charge in [0.05, 0.1) is 18.9 Å². The van der Waals surface area contributed by atoms with Crippen molar-refractivity contribution in [1.82, 2.24) is 19.8 Å². The summed E-state index contributed by atoms with van der Waals surface area (Å²) in [6, 6.07) is 4.02. The molecule has 0 saturated carbocycles. The lowest BCUT2D eigenvalue weighted by Gasteiger charge is -2.32. The van der Waals surface area contributed by atoms with E-state index >= 15 is 0 Å². The Morgan fingerprint density at radius 2 is 2.00 bits per heavy atom. The Morgan fingerprint density at radius 1 is 1.31 bits per heavy atom. The van der Waals surface area contributed by atoms with Gasteiger partial charge in [-0.1, -0.05) is 0 Å². The van der Waals surface area contributed by atoms with Gasteiger partial charge in [0.2, 0.25) is 0 Å². The van der Waals surface area contributed by atoms with E-state index in [9.17, 15) is 4.79 Å². The molecular weight excluding hydrogens is 424 g/mol. The summed E-state index contributed by atoms with van der Waals surface area (Å²) in [5, 5.41) is 3.01. The summed E-state index contributed by atoms with van der Waals surface area (Å²) in [5.74, 6) is 1.66. The van der Waals surface area contributed by atoms with Crippen LogP contribution in [0.3, 0.4) is 0 Å². The van der Waals surface area contributed by atoms with Crippen LogP contribution < -0.4 is 14.8 Å². The van der Waals surface area contributed by atoms with Crippen molar-refractivity contribution in [1.29, 1.82) is 0 Å². The van der Waals surface area contributed by atoms with Crippen LogP contribution >= 0.6 is 12.6 Å². The molecule has 1 aromatic heterocycles. The van der Waals surface area contributed by atoms with Crippen LogP contribution in [-0.2, 0) is 13.0 Å². The summed E-state index contributed by atoms with van der Waals surface area (Å²) in [5.41, 5.74) is 3.30. The van der Waals surface area contributed by atoms with E-state index in [1.54, 1.807) is 18.2 Å². The van der Waals surface area contributed by atoms with E-state index < -0.39 is 0 Å².